The average Bonchev–Trinajstić information content (AvgIpc) is 3.17. The van der Waals surface area contributed by atoms with E-state index in [0.717, 1.165) is 11.1 Å². The highest BCUT2D eigenvalue weighted by Gasteiger charge is 2.35. The van der Waals surface area contributed by atoms with Gasteiger partial charge in [0, 0.05) is 24.2 Å². The van der Waals surface area contributed by atoms with Crippen LogP contribution in [0.3, 0.4) is 0 Å². The molecule has 1 aliphatic heterocycles. The maximum Gasteiger partial charge on any atom is 0.261 e. The van der Waals surface area contributed by atoms with E-state index in [1.54, 1.807) is 36.4 Å². The van der Waals surface area contributed by atoms with E-state index in [0.29, 0.717) is 17.7 Å². The van der Waals surface area contributed by atoms with Gasteiger partial charge in [-0.15, -0.1) is 13.2 Å². The Morgan fingerprint density at radius 1 is 0.694 bits per heavy atom. The van der Waals surface area contributed by atoms with Gasteiger partial charge in [0.25, 0.3) is 11.8 Å². The molecule has 1 heterocycles. The van der Waals surface area contributed by atoms with Crippen molar-refractivity contribution in [1.82, 2.24) is 4.90 Å². The molecule has 178 valence electrons. The third-order valence-corrected chi connectivity index (χ3v) is 5.43. The number of imide groups is 1. The largest absolute Gasteiger partial charge is 0.329 e. The highest BCUT2D eigenvalue weighted by atomic mass is 16.2. The lowest BCUT2D eigenvalue weighted by Crippen LogP contribution is -2.33. The molecule has 2 N–H and O–H groups in total. The normalized spacial score (nSPS) is 13.0. The summed E-state index contributed by atoms with van der Waals surface area (Å²) < 4.78 is 0. The van der Waals surface area contributed by atoms with Crippen molar-refractivity contribution in [3.63, 3.8) is 0 Å². The zero-order chi connectivity index (χ0) is 25.8. The topological polar surface area (TPSA) is 63.4 Å². The number of carbonyl (C=O) groups excluding carboxylic acids is 2. The lowest BCUT2D eigenvalue weighted by molar-refractivity contribution is 0.0647. The minimum absolute atomic E-state index is 0.0974. The van der Waals surface area contributed by atoms with Crippen molar-refractivity contribution in [2.45, 2.75) is 0 Å². The van der Waals surface area contributed by atoms with Gasteiger partial charge in [-0.25, -0.2) is 0 Å². The number of fused-ring (bicyclic) bond motifs is 1. The Labute approximate surface area is 213 Å². The van der Waals surface area contributed by atoms with Gasteiger partial charge in [-0.1, -0.05) is 84.4 Å². The van der Waals surface area contributed by atoms with E-state index in [-0.39, 0.29) is 30.2 Å². The van der Waals surface area contributed by atoms with E-state index in [2.05, 4.69) is 36.8 Å². The summed E-state index contributed by atoms with van der Waals surface area (Å²) in [5.74, 6) is 11.5. The van der Waals surface area contributed by atoms with Gasteiger partial charge >= 0.3 is 0 Å². The second-order valence-electron chi connectivity index (χ2n) is 7.96. The van der Waals surface area contributed by atoms with Crippen LogP contribution in [0.5, 0.6) is 0 Å². The minimum atomic E-state index is -0.266. The van der Waals surface area contributed by atoms with E-state index in [4.69, 9.17) is 5.73 Å². The summed E-state index contributed by atoms with van der Waals surface area (Å²) in [4.78, 5) is 26.0. The molecule has 0 aromatic heterocycles. The first-order valence-electron chi connectivity index (χ1n) is 11.6. The molecule has 0 bridgehead atoms. The number of nitrogens with two attached hydrogens (primary N) is 1. The molecule has 36 heavy (non-hydrogen) atoms. The maximum atomic E-state index is 12.4. The number of rotatable bonds is 5. The molecular formula is C32H28N2O2. The molecule has 2 unspecified atom stereocenters. The van der Waals surface area contributed by atoms with Gasteiger partial charge in [0.05, 0.1) is 23.0 Å². The second kappa shape index (κ2) is 13.3. The predicted molar refractivity (Wildman–Crippen MR) is 145 cm³/mol. The quantitative estimate of drug-likeness (QED) is 0.325. The Morgan fingerprint density at radius 3 is 1.53 bits per heavy atom. The van der Waals surface area contributed by atoms with Crippen molar-refractivity contribution in [1.29, 1.82) is 0 Å². The molecule has 2 atom stereocenters. The molecule has 0 saturated heterocycles. The standard InChI is InChI=1S/C20H15NO2.C12H13N/c1-2-15(12-13-16-8-4-3-5-9-16)14-21-19(22)17-10-6-7-11-18(17)20(21)23;1-2-11(10-13)8-9-12-6-4-3-5-7-12/h2-11,15H,1,14H2;2-7,11H,1,10,13H2. The van der Waals surface area contributed by atoms with E-state index in [9.17, 15) is 9.59 Å². The summed E-state index contributed by atoms with van der Waals surface area (Å²) in [5.41, 5.74) is 8.29. The third-order valence-electron chi connectivity index (χ3n) is 5.43. The first-order valence-corrected chi connectivity index (χ1v) is 11.6. The number of benzene rings is 3. The number of hydrogen-bond donors (Lipinski definition) is 1. The highest BCUT2D eigenvalue weighted by molar-refractivity contribution is 6.21. The summed E-state index contributed by atoms with van der Waals surface area (Å²) in [6.45, 7) is 8.17. The predicted octanol–water partition coefficient (Wildman–Crippen LogP) is 4.94. The van der Waals surface area contributed by atoms with Crippen molar-refractivity contribution in [2.24, 2.45) is 17.6 Å². The molecule has 0 fully saturated rings. The zero-order valence-electron chi connectivity index (χ0n) is 20.1. The van der Waals surface area contributed by atoms with Crippen molar-refractivity contribution in [2.75, 3.05) is 13.1 Å². The SMILES string of the molecule is C=CC(C#Cc1ccccc1)CN.C=CC(C#Cc1ccccc1)CN1C(=O)c2ccccc2C1=O. The first kappa shape index (κ1) is 26.0. The minimum Gasteiger partial charge on any atom is -0.329 e. The number of nitrogens with zero attached hydrogens (tertiary/aromatic N) is 1. The summed E-state index contributed by atoms with van der Waals surface area (Å²) in [6, 6.07) is 26.3. The molecule has 0 saturated carbocycles. The van der Waals surface area contributed by atoms with Crippen molar-refractivity contribution < 1.29 is 9.59 Å². The zero-order valence-corrected chi connectivity index (χ0v) is 20.1. The molecule has 0 aliphatic carbocycles. The van der Waals surface area contributed by atoms with Gasteiger partial charge in [-0.3, -0.25) is 14.5 Å². The molecule has 4 rings (SSSR count). The highest BCUT2D eigenvalue weighted by Crippen LogP contribution is 2.23. The van der Waals surface area contributed by atoms with Crippen molar-refractivity contribution in [3.8, 4) is 23.7 Å². The maximum absolute atomic E-state index is 12.4. The Morgan fingerprint density at radius 2 is 1.11 bits per heavy atom. The van der Waals surface area contributed by atoms with Crippen LogP contribution in [0.1, 0.15) is 31.8 Å². The van der Waals surface area contributed by atoms with Crippen LogP contribution in [-0.4, -0.2) is 29.8 Å². The summed E-state index contributed by atoms with van der Waals surface area (Å²) >= 11 is 0. The summed E-state index contributed by atoms with van der Waals surface area (Å²) in [6.07, 6.45) is 3.44. The second-order valence-corrected chi connectivity index (χ2v) is 7.96. The summed E-state index contributed by atoms with van der Waals surface area (Å²) in [5, 5.41) is 0. The molecule has 0 spiro atoms. The Balaban J connectivity index is 0.000000236. The van der Waals surface area contributed by atoms with Gasteiger partial charge in [-0.2, -0.15) is 0 Å². The van der Waals surface area contributed by atoms with Crippen LogP contribution in [0, 0.1) is 35.5 Å². The number of amides is 2. The molecule has 4 nitrogen and oxygen atoms in total. The van der Waals surface area contributed by atoms with Gasteiger partial charge in [0.1, 0.15) is 0 Å². The van der Waals surface area contributed by atoms with Crippen LogP contribution >= 0.6 is 0 Å². The third kappa shape index (κ3) is 6.93. The lowest BCUT2D eigenvalue weighted by atomic mass is 10.1. The smallest absolute Gasteiger partial charge is 0.261 e. The van der Waals surface area contributed by atoms with E-state index >= 15 is 0 Å². The fourth-order valence-electron chi connectivity index (χ4n) is 3.39. The van der Waals surface area contributed by atoms with Crippen molar-refractivity contribution >= 4 is 11.8 Å². The van der Waals surface area contributed by atoms with Crippen LogP contribution in [0.25, 0.3) is 0 Å². The Kier molecular flexibility index (Phi) is 9.60. The fraction of sp³-hybridized carbons (Fsp3) is 0.125. The van der Waals surface area contributed by atoms with Crippen LogP contribution in [0.2, 0.25) is 0 Å². The van der Waals surface area contributed by atoms with Gasteiger partial charge < -0.3 is 5.73 Å². The molecule has 3 aromatic rings. The molecule has 3 aromatic carbocycles. The van der Waals surface area contributed by atoms with Crippen molar-refractivity contribution in [3.05, 3.63) is 132 Å². The van der Waals surface area contributed by atoms with Crippen LogP contribution < -0.4 is 5.73 Å². The molecular weight excluding hydrogens is 444 g/mol. The van der Waals surface area contributed by atoms with Crippen LogP contribution in [-0.2, 0) is 0 Å². The Bertz CT molecular complexity index is 1300. The number of carbonyl (C=O) groups is 2. The van der Waals surface area contributed by atoms with E-state index in [1.807, 2.05) is 60.7 Å². The molecule has 4 heteroatoms. The molecule has 1 aliphatic rings. The first-order chi connectivity index (χ1) is 17.6. The molecule has 0 radical (unpaired) electrons. The lowest BCUT2D eigenvalue weighted by Gasteiger charge is -2.16. The monoisotopic (exact) mass is 472 g/mol. The average molecular weight is 473 g/mol. The van der Waals surface area contributed by atoms with Gasteiger partial charge in [0.15, 0.2) is 0 Å². The fourth-order valence-corrected chi connectivity index (χ4v) is 3.39. The van der Waals surface area contributed by atoms with E-state index < -0.39 is 0 Å². The Hall–Kier alpha value is -4.64. The van der Waals surface area contributed by atoms with Crippen LogP contribution in [0.15, 0.2) is 110 Å². The van der Waals surface area contributed by atoms with Gasteiger partial charge in [0.2, 0.25) is 0 Å². The van der Waals surface area contributed by atoms with Crippen LogP contribution in [0.4, 0.5) is 0 Å². The van der Waals surface area contributed by atoms with E-state index in [1.165, 1.54) is 4.90 Å². The summed E-state index contributed by atoms with van der Waals surface area (Å²) in [7, 11) is 0. The number of hydrogen-bond acceptors (Lipinski definition) is 3. The molecule has 2 amide bonds. The van der Waals surface area contributed by atoms with Gasteiger partial charge in [-0.05, 0) is 36.4 Å².